The molecule has 1 aromatic carbocycles. The molecule has 4 atom stereocenters. The fraction of sp³-hybridized carbons (Fsp3) is 0.472. The van der Waals surface area contributed by atoms with E-state index >= 15 is 0 Å². The lowest BCUT2D eigenvalue weighted by Gasteiger charge is -2.24. The van der Waals surface area contributed by atoms with Gasteiger partial charge < -0.3 is 39.7 Å². The summed E-state index contributed by atoms with van der Waals surface area (Å²) in [5.41, 5.74) is 1.05. The number of halogens is 1. The van der Waals surface area contributed by atoms with Crippen LogP contribution in [0.3, 0.4) is 0 Å². The first-order valence-electron chi connectivity index (χ1n) is 17.8. The number of aromatic nitrogens is 3. The first-order valence-corrected chi connectivity index (χ1v) is 20.6. The minimum Gasteiger partial charge on any atom is -0.379 e. The molecule has 4 rings (SSSR count). The van der Waals surface area contributed by atoms with Crippen LogP contribution in [0.1, 0.15) is 58.4 Å². The number of hydrogen-bond acceptors (Lipinski definition) is 11. The maximum atomic E-state index is 14.2. The van der Waals surface area contributed by atoms with Crippen LogP contribution in [0, 0.1) is 11.7 Å². The predicted octanol–water partition coefficient (Wildman–Crippen LogP) is 3.51. The smallest absolute Gasteiger partial charge is 0.263 e. The number of benzene rings is 1. The predicted molar refractivity (Wildman–Crippen MR) is 206 cm³/mol. The van der Waals surface area contributed by atoms with Crippen molar-refractivity contribution in [3.63, 3.8) is 0 Å². The molecule has 5 N–H and O–H groups in total. The fourth-order valence-electron chi connectivity index (χ4n) is 5.59. The van der Waals surface area contributed by atoms with Gasteiger partial charge in [0.05, 0.1) is 19.0 Å². The first-order chi connectivity index (χ1) is 26.3. The van der Waals surface area contributed by atoms with Gasteiger partial charge in [-0.15, -0.1) is 0 Å². The number of unbranched alkanes of at least 4 members (excludes halogenated alkanes) is 2. The summed E-state index contributed by atoms with van der Waals surface area (Å²) in [7, 11) is -0.340. The molecule has 0 saturated heterocycles. The van der Waals surface area contributed by atoms with Crippen molar-refractivity contribution < 1.29 is 42.5 Å². The van der Waals surface area contributed by atoms with Crippen molar-refractivity contribution in [3.05, 3.63) is 70.7 Å². The van der Waals surface area contributed by atoms with Crippen molar-refractivity contribution in [2.75, 3.05) is 25.6 Å². The zero-order valence-corrected chi connectivity index (χ0v) is 32.8. The van der Waals surface area contributed by atoms with Crippen LogP contribution in [-0.2, 0) is 45.5 Å². The number of imide groups is 1. The van der Waals surface area contributed by atoms with E-state index in [1.54, 1.807) is 45.0 Å². The molecule has 0 radical (unpaired) electrons. The molecule has 0 spiro atoms. The van der Waals surface area contributed by atoms with Crippen molar-refractivity contribution in [2.45, 2.75) is 83.4 Å². The highest BCUT2D eigenvalue weighted by Gasteiger charge is 2.27. The van der Waals surface area contributed by atoms with Gasteiger partial charge in [-0.3, -0.25) is 33.7 Å². The third-order valence-corrected chi connectivity index (χ3v) is 11.2. The maximum Gasteiger partial charge on any atom is 0.263 e. The molecule has 0 bridgehead atoms. The monoisotopic (exact) mass is 803 g/mol. The van der Waals surface area contributed by atoms with Gasteiger partial charge in [-0.1, -0.05) is 43.8 Å². The summed E-state index contributed by atoms with van der Waals surface area (Å²) in [6.45, 7) is 5.82. The third-order valence-electron chi connectivity index (χ3n) is 8.78. The normalized spacial score (nSPS) is 15.0. The van der Waals surface area contributed by atoms with Crippen LogP contribution in [0.15, 0.2) is 53.7 Å². The first kappa shape index (κ1) is 43.3. The van der Waals surface area contributed by atoms with E-state index in [2.05, 4.69) is 25.9 Å². The molecule has 0 saturated carbocycles. The number of anilines is 1. The van der Waals surface area contributed by atoms with Crippen molar-refractivity contribution in [1.82, 2.24) is 30.1 Å². The summed E-state index contributed by atoms with van der Waals surface area (Å²) >= 11 is 1.20. The highest BCUT2D eigenvalue weighted by Crippen LogP contribution is 2.48. The van der Waals surface area contributed by atoms with E-state index < -0.39 is 49.0 Å². The van der Waals surface area contributed by atoms with E-state index in [0.29, 0.717) is 43.7 Å². The number of amides is 5. The Kier molecular flexibility index (Phi) is 16.5. The van der Waals surface area contributed by atoms with Gasteiger partial charge in [-0.2, -0.15) is 0 Å². The zero-order valence-electron chi connectivity index (χ0n) is 31.1. The highest BCUT2D eigenvalue weighted by atomic mass is 32.7. The topological polar surface area (TPSA) is 214 Å². The summed E-state index contributed by atoms with van der Waals surface area (Å²) in [6.07, 6.45) is 6.80. The van der Waals surface area contributed by atoms with Crippen molar-refractivity contribution >= 4 is 65.2 Å². The number of ether oxygens (including phenoxy) is 1. The molecule has 3 heterocycles. The molecule has 5 amide bonds. The number of methoxy groups -OCH3 is 1. The number of nitrogens with one attached hydrogen (secondary N) is 4. The summed E-state index contributed by atoms with van der Waals surface area (Å²) in [5.74, 6) is -2.40. The number of aromatic amines is 1. The van der Waals surface area contributed by atoms with E-state index in [4.69, 9.17) is 9.26 Å². The minimum absolute atomic E-state index is 0.0957. The Hall–Kier alpha value is -4.48. The van der Waals surface area contributed by atoms with Crippen molar-refractivity contribution in [2.24, 2.45) is 5.92 Å². The lowest BCUT2D eigenvalue weighted by molar-refractivity contribution is -0.137. The second kappa shape index (κ2) is 21.0. The number of rotatable bonds is 22. The Morgan fingerprint density at radius 3 is 2.38 bits per heavy atom. The highest BCUT2D eigenvalue weighted by molar-refractivity contribution is 8.52. The number of H-pyrrole nitrogens is 1. The molecule has 298 valence electrons. The maximum absolute atomic E-state index is 14.2. The van der Waals surface area contributed by atoms with Crippen LogP contribution in [0.25, 0.3) is 11.0 Å². The van der Waals surface area contributed by atoms with Crippen LogP contribution in [0.5, 0.6) is 0 Å². The third kappa shape index (κ3) is 12.8. The van der Waals surface area contributed by atoms with E-state index in [1.807, 2.05) is 0 Å². The Morgan fingerprint density at radius 1 is 1.00 bits per heavy atom. The molecule has 3 unspecified atom stereocenters. The van der Waals surface area contributed by atoms with Gasteiger partial charge in [0.1, 0.15) is 23.1 Å². The second-order valence-electron chi connectivity index (χ2n) is 13.2. The quantitative estimate of drug-likeness (QED) is 0.0563. The van der Waals surface area contributed by atoms with Crippen LogP contribution < -0.4 is 21.5 Å². The van der Waals surface area contributed by atoms with Gasteiger partial charge in [0.2, 0.25) is 25.3 Å². The van der Waals surface area contributed by atoms with Crippen LogP contribution in [-0.4, -0.2) is 92.3 Å². The summed E-state index contributed by atoms with van der Waals surface area (Å²) < 4.78 is 26.9. The number of carbonyl (C=O) groups is 5. The van der Waals surface area contributed by atoms with E-state index in [9.17, 15) is 38.1 Å². The lowest BCUT2D eigenvalue weighted by Crippen LogP contribution is -2.53. The SMILES string of the molecule is COC(CCn1cc(F)c2c(=O)[nH]cnc21)COP(O)SCc1ccc(NC(=O)[C@H](C)NC(=O)C(NC(=O)CCCCCN2C(=O)C=CC2=O)C(C)C)cc1. The summed E-state index contributed by atoms with van der Waals surface area (Å²) in [4.78, 5) is 91.8. The molecule has 0 aliphatic carbocycles. The van der Waals surface area contributed by atoms with Crippen LogP contribution in [0.4, 0.5) is 10.1 Å². The zero-order chi connectivity index (χ0) is 40.1. The molecule has 1 aliphatic heterocycles. The molecular weight excluding hydrogens is 756 g/mol. The Bertz CT molecular complexity index is 1890. The number of fused-ring (bicyclic) bond motifs is 1. The lowest BCUT2D eigenvalue weighted by atomic mass is 10.0. The minimum atomic E-state index is -1.85. The van der Waals surface area contributed by atoms with E-state index in [1.165, 1.54) is 47.7 Å². The van der Waals surface area contributed by atoms with Crippen LogP contribution >= 0.6 is 19.0 Å². The van der Waals surface area contributed by atoms with E-state index in [0.717, 1.165) is 10.5 Å². The molecule has 3 aromatic rings. The van der Waals surface area contributed by atoms with Gasteiger partial charge in [0, 0.05) is 56.4 Å². The van der Waals surface area contributed by atoms with Crippen molar-refractivity contribution in [1.29, 1.82) is 0 Å². The Labute approximate surface area is 322 Å². The standard InChI is InChI=1S/C36H47FN7O9PS/c1-22(2)32(42-28(45)8-6-5-7-16-44-29(46)13-14-30(44)47)36(50)40-23(3)34(48)41-25-11-9-24(10-12-25)20-55-54(51)53-19-26(52-4)15-17-43-18-27(37)31-33(43)38-21-39-35(31)49/h9-14,18,21-23,26,32,51H,5-8,15-17,19-20H2,1-4H3,(H,40,50)(H,41,48)(H,42,45)(H,38,39,49)/t23-,26?,32?,54?/m0/s1. The summed E-state index contributed by atoms with van der Waals surface area (Å²) in [6, 6.07) is 5.24. The van der Waals surface area contributed by atoms with Gasteiger partial charge in [0.15, 0.2) is 5.82 Å². The van der Waals surface area contributed by atoms with Crippen molar-refractivity contribution in [3.8, 4) is 0 Å². The Balaban J connectivity index is 1.13. The Morgan fingerprint density at radius 2 is 1.71 bits per heavy atom. The fourth-order valence-corrected chi connectivity index (χ4v) is 7.60. The molecule has 1 aliphatic rings. The number of nitrogens with zero attached hydrogens (tertiary/aromatic N) is 3. The average Bonchev–Trinajstić information content (AvgIpc) is 3.66. The second-order valence-corrected chi connectivity index (χ2v) is 16.2. The molecule has 0 fully saturated rings. The molecule has 55 heavy (non-hydrogen) atoms. The molecule has 19 heteroatoms. The van der Waals surface area contributed by atoms with Crippen LogP contribution in [0.2, 0.25) is 0 Å². The number of carbonyl (C=O) groups excluding carboxylic acids is 5. The number of aryl methyl sites for hydroxylation is 1. The molecular formula is C36H47FN7O9PS. The molecule has 16 nitrogen and oxygen atoms in total. The van der Waals surface area contributed by atoms with E-state index in [-0.39, 0.29) is 54.2 Å². The number of hydrogen-bond donors (Lipinski definition) is 5. The molecule has 2 aromatic heterocycles. The van der Waals surface area contributed by atoms with Gasteiger partial charge >= 0.3 is 0 Å². The van der Waals surface area contributed by atoms with Gasteiger partial charge in [-0.25, -0.2) is 9.37 Å². The van der Waals surface area contributed by atoms with Gasteiger partial charge in [0.25, 0.3) is 17.4 Å². The van der Waals surface area contributed by atoms with Gasteiger partial charge in [-0.05, 0) is 49.8 Å². The largest absolute Gasteiger partial charge is 0.379 e. The summed E-state index contributed by atoms with van der Waals surface area (Å²) in [5, 5.41) is 8.08. The average molecular weight is 804 g/mol.